The molecule has 0 heteroatoms. The molecule has 0 aromatic carbocycles. The Morgan fingerprint density at radius 1 is 1.25 bits per heavy atom. The fraction of sp³-hybridized carbons (Fsp3) is 1.00. The molecule has 0 nitrogen and oxygen atoms in total. The molecule has 2 saturated carbocycles. The molecule has 12 heavy (non-hydrogen) atoms. The van der Waals surface area contributed by atoms with Crippen LogP contribution in [0, 0.1) is 17.3 Å². The average Bonchev–Trinajstić information content (AvgIpc) is 2.88. The maximum atomic E-state index is 2.45. The molecule has 0 radical (unpaired) electrons. The van der Waals surface area contributed by atoms with Crippen molar-refractivity contribution in [2.24, 2.45) is 17.3 Å². The normalized spacial score (nSPS) is 36.5. The SMILES string of the molecule is CC1CC1CCCCC1(C)CC1. The first-order valence-electron chi connectivity index (χ1n) is 5.70. The van der Waals surface area contributed by atoms with E-state index in [4.69, 9.17) is 0 Å². The molecule has 0 spiro atoms. The molecule has 0 heterocycles. The van der Waals surface area contributed by atoms with Crippen molar-refractivity contribution in [2.45, 2.75) is 58.8 Å². The molecule has 0 aromatic heterocycles. The summed E-state index contributed by atoms with van der Waals surface area (Å²) in [5, 5.41) is 0. The lowest BCUT2D eigenvalue weighted by Gasteiger charge is -2.06. The lowest BCUT2D eigenvalue weighted by Crippen LogP contribution is -1.92. The van der Waals surface area contributed by atoms with Crippen molar-refractivity contribution in [1.29, 1.82) is 0 Å². The molecule has 2 aliphatic rings. The first-order valence-corrected chi connectivity index (χ1v) is 5.70. The summed E-state index contributed by atoms with van der Waals surface area (Å²) in [6.07, 6.45) is 10.6. The fourth-order valence-electron chi connectivity index (χ4n) is 2.22. The van der Waals surface area contributed by atoms with Crippen LogP contribution in [0.1, 0.15) is 58.8 Å². The van der Waals surface area contributed by atoms with E-state index < -0.39 is 0 Å². The monoisotopic (exact) mass is 166 g/mol. The maximum absolute atomic E-state index is 2.45. The van der Waals surface area contributed by atoms with E-state index in [0.29, 0.717) is 0 Å². The average molecular weight is 166 g/mol. The van der Waals surface area contributed by atoms with Gasteiger partial charge in [-0.3, -0.25) is 0 Å². The van der Waals surface area contributed by atoms with Crippen molar-refractivity contribution in [1.82, 2.24) is 0 Å². The Morgan fingerprint density at radius 3 is 2.42 bits per heavy atom. The van der Waals surface area contributed by atoms with Crippen LogP contribution in [0.2, 0.25) is 0 Å². The van der Waals surface area contributed by atoms with Gasteiger partial charge in [-0.15, -0.1) is 0 Å². The highest BCUT2D eigenvalue weighted by Crippen LogP contribution is 2.49. The van der Waals surface area contributed by atoms with Crippen LogP contribution in [0.3, 0.4) is 0 Å². The first-order chi connectivity index (χ1) is 5.70. The molecule has 2 atom stereocenters. The van der Waals surface area contributed by atoms with Gasteiger partial charge in [0, 0.05) is 0 Å². The van der Waals surface area contributed by atoms with Gasteiger partial charge in [0.05, 0.1) is 0 Å². The Morgan fingerprint density at radius 2 is 1.92 bits per heavy atom. The summed E-state index contributed by atoms with van der Waals surface area (Å²) in [6.45, 7) is 4.85. The molecule has 0 saturated heterocycles. The van der Waals surface area contributed by atoms with Crippen LogP contribution in [0.15, 0.2) is 0 Å². The highest BCUT2D eigenvalue weighted by molar-refractivity contribution is 4.88. The second-order valence-electron chi connectivity index (χ2n) is 5.53. The summed E-state index contributed by atoms with van der Waals surface area (Å²) in [5.74, 6) is 2.19. The van der Waals surface area contributed by atoms with E-state index in [2.05, 4.69) is 13.8 Å². The van der Waals surface area contributed by atoms with Crippen molar-refractivity contribution in [2.75, 3.05) is 0 Å². The number of hydrogen-bond acceptors (Lipinski definition) is 0. The van der Waals surface area contributed by atoms with E-state index in [1.807, 2.05) is 0 Å². The number of rotatable bonds is 5. The quantitative estimate of drug-likeness (QED) is 0.541. The summed E-state index contributed by atoms with van der Waals surface area (Å²) < 4.78 is 0. The zero-order valence-corrected chi connectivity index (χ0v) is 8.60. The minimum absolute atomic E-state index is 0.801. The van der Waals surface area contributed by atoms with Crippen LogP contribution < -0.4 is 0 Å². The molecule has 2 fully saturated rings. The maximum Gasteiger partial charge on any atom is -0.0325 e. The van der Waals surface area contributed by atoms with E-state index in [0.717, 1.165) is 17.3 Å². The Labute approximate surface area is 76.7 Å². The fourth-order valence-corrected chi connectivity index (χ4v) is 2.22. The summed E-state index contributed by atoms with van der Waals surface area (Å²) in [6, 6.07) is 0. The Balaban J connectivity index is 1.47. The van der Waals surface area contributed by atoms with Gasteiger partial charge in [-0.05, 0) is 42.9 Å². The van der Waals surface area contributed by atoms with Gasteiger partial charge < -0.3 is 0 Å². The standard InChI is InChI=1S/C12H22/c1-10-9-11(10)5-3-4-6-12(2)7-8-12/h10-11H,3-9H2,1-2H3. The van der Waals surface area contributed by atoms with E-state index >= 15 is 0 Å². The number of unbranched alkanes of at least 4 members (excludes halogenated alkanes) is 1. The van der Waals surface area contributed by atoms with Crippen molar-refractivity contribution >= 4 is 0 Å². The van der Waals surface area contributed by atoms with Crippen molar-refractivity contribution in [3.8, 4) is 0 Å². The predicted octanol–water partition coefficient (Wildman–Crippen LogP) is 4.00. The van der Waals surface area contributed by atoms with Crippen LogP contribution in [0.25, 0.3) is 0 Å². The highest BCUT2D eigenvalue weighted by Gasteiger charge is 2.36. The lowest BCUT2D eigenvalue weighted by molar-refractivity contribution is 0.465. The van der Waals surface area contributed by atoms with Gasteiger partial charge in [0.15, 0.2) is 0 Å². The smallest absolute Gasteiger partial charge is 0.0325 e. The summed E-state index contributed by atoms with van der Waals surface area (Å²) in [4.78, 5) is 0. The molecule has 0 bridgehead atoms. The Kier molecular flexibility index (Phi) is 2.18. The van der Waals surface area contributed by atoms with Crippen LogP contribution in [0.5, 0.6) is 0 Å². The third-order valence-corrected chi connectivity index (χ3v) is 3.98. The van der Waals surface area contributed by atoms with E-state index in [1.54, 1.807) is 0 Å². The largest absolute Gasteiger partial charge is 0.0622 e. The summed E-state index contributed by atoms with van der Waals surface area (Å²) >= 11 is 0. The van der Waals surface area contributed by atoms with Gasteiger partial charge >= 0.3 is 0 Å². The topological polar surface area (TPSA) is 0 Å². The molecule has 2 aliphatic carbocycles. The minimum Gasteiger partial charge on any atom is -0.0622 e. The van der Waals surface area contributed by atoms with Crippen LogP contribution in [-0.4, -0.2) is 0 Å². The summed E-state index contributed by atoms with van der Waals surface area (Å²) in [7, 11) is 0. The summed E-state index contributed by atoms with van der Waals surface area (Å²) in [5.41, 5.74) is 0.801. The Bertz CT molecular complexity index is 155. The van der Waals surface area contributed by atoms with E-state index in [1.165, 1.54) is 44.9 Å². The molecular weight excluding hydrogens is 144 g/mol. The Hall–Kier alpha value is 0. The van der Waals surface area contributed by atoms with Crippen LogP contribution >= 0.6 is 0 Å². The van der Waals surface area contributed by atoms with Crippen molar-refractivity contribution in [3.05, 3.63) is 0 Å². The lowest BCUT2D eigenvalue weighted by atomic mass is 10.00. The van der Waals surface area contributed by atoms with Gasteiger partial charge in [-0.25, -0.2) is 0 Å². The zero-order valence-electron chi connectivity index (χ0n) is 8.60. The number of hydrogen-bond donors (Lipinski definition) is 0. The van der Waals surface area contributed by atoms with Gasteiger partial charge in [0.1, 0.15) is 0 Å². The molecule has 0 aromatic rings. The second-order valence-corrected chi connectivity index (χ2v) is 5.53. The molecule has 0 aliphatic heterocycles. The van der Waals surface area contributed by atoms with Gasteiger partial charge in [0.2, 0.25) is 0 Å². The van der Waals surface area contributed by atoms with Crippen molar-refractivity contribution in [3.63, 3.8) is 0 Å². The third kappa shape index (κ3) is 2.24. The molecule has 0 N–H and O–H groups in total. The predicted molar refractivity (Wildman–Crippen MR) is 53.1 cm³/mol. The van der Waals surface area contributed by atoms with E-state index in [-0.39, 0.29) is 0 Å². The van der Waals surface area contributed by atoms with Gasteiger partial charge in [-0.1, -0.05) is 33.1 Å². The van der Waals surface area contributed by atoms with Crippen LogP contribution in [-0.2, 0) is 0 Å². The molecule has 0 amide bonds. The van der Waals surface area contributed by atoms with Crippen LogP contribution in [0.4, 0.5) is 0 Å². The molecular formula is C12H22. The molecule has 70 valence electrons. The second kappa shape index (κ2) is 3.05. The van der Waals surface area contributed by atoms with Gasteiger partial charge in [0.25, 0.3) is 0 Å². The zero-order chi connectivity index (χ0) is 8.60. The van der Waals surface area contributed by atoms with Crippen molar-refractivity contribution < 1.29 is 0 Å². The van der Waals surface area contributed by atoms with Gasteiger partial charge in [-0.2, -0.15) is 0 Å². The molecule has 2 rings (SSSR count). The minimum atomic E-state index is 0.801. The third-order valence-electron chi connectivity index (χ3n) is 3.98. The highest BCUT2D eigenvalue weighted by atomic mass is 14.4. The van der Waals surface area contributed by atoms with E-state index in [9.17, 15) is 0 Å². The molecule has 2 unspecified atom stereocenters. The first kappa shape index (κ1) is 8.59.